The Balaban J connectivity index is 1.53. The van der Waals surface area contributed by atoms with Crippen molar-refractivity contribution >= 4 is 15.7 Å². The van der Waals surface area contributed by atoms with Crippen LogP contribution in [0.2, 0.25) is 0 Å². The van der Waals surface area contributed by atoms with Crippen molar-refractivity contribution in [1.82, 2.24) is 9.62 Å². The highest BCUT2D eigenvalue weighted by molar-refractivity contribution is 7.89. The SMILES string of the molecule is COc1ccc(S(=O)(=O)NCCN2CCN(c3ccccc3OC)CC2)c(OC)c1. The van der Waals surface area contributed by atoms with Gasteiger partial charge in [-0.1, -0.05) is 12.1 Å². The molecule has 0 bridgehead atoms. The highest BCUT2D eigenvalue weighted by Crippen LogP contribution is 2.29. The summed E-state index contributed by atoms with van der Waals surface area (Å²) < 4.78 is 43.8. The van der Waals surface area contributed by atoms with Gasteiger partial charge < -0.3 is 19.1 Å². The Morgan fingerprint density at radius 1 is 0.900 bits per heavy atom. The summed E-state index contributed by atoms with van der Waals surface area (Å²) >= 11 is 0. The molecule has 0 aliphatic carbocycles. The fourth-order valence-corrected chi connectivity index (χ4v) is 4.69. The van der Waals surface area contributed by atoms with Crippen LogP contribution in [-0.4, -0.2) is 73.9 Å². The first-order chi connectivity index (χ1) is 14.5. The first-order valence-electron chi connectivity index (χ1n) is 9.80. The van der Waals surface area contributed by atoms with Crippen LogP contribution in [0.3, 0.4) is 0 Å². The predicted octanol–water partition coefficient (Wildman–Crippen LogP) is 1.81. The van der Waals surface area contributed by atoms with E-state index in [-0.39, 0.29) is 10.6 Å². The average Bonchev–Trinajstić information content (AvgIpc) is 2.78. The first-order valence-corrected chi connectivity index (χ1v) is 11.3. The highest BCUT2D eigenvalue weighted by Gasteiger charge is 2.22. The second-order valence-corrected chi connectivity index (χ2v) is 8.65. The number of sulfonamides is 1. The molecule has 164 valence electrons. The van der Waals surface area contributed by atoms with Gasteiger partial charge in [-0.2, -0.15) is 0 Å². The van der Waals surface area contributed by atoms with Crippen LogP contribution in [0.4, 0.5) is 5.69 Å². The largest absolute Gasteiger partial charge is 0.497 e. The Morgan fingerprint density at radius 2 is 1.60 bits per heavy atom. The smallest absolute Gasteiger partial charge is 0.244 e. The Labute approximate surface area is 178 Å². The Hall–Kier alpha value is -2.49. The molecule has 1 aliphatic rings. The fraction of sp³-hybridized carbons (Fsp3) is 0.429. The molecular weight excluding hydrogens is 406 g/mol. The molecule has 0 atom stereocenters. The normalized spacial score (nSPS) is 15.1. The van der Waals surface area contributed by atoms with Gasteiger partial charge in [-0.25, -0.2) is 13.1 Å². The lowest BCUT2D eigenvalue weighted by atomic mass is 10.2. The Kier molecular flexibility index (Phi) is 7.41. The van der Waals surface area contributed by atoms with Crippen molar-refractivity contribution in [3.05, 3.63) is 42.5 Å². The van der Waals surface area contributed by atoms with E-state index in [2.05, 4.69) is 20.6 Å². The lowest BCUT2D eigenvalue weighted by molar-refractivity contribution is 0.261. The van der Waals surface area contributed by atoms with Gasteiger partial charge in [-0.3, -0.25) is 4.90 Å². The standard InChI is InChI=1S/C21H29N3O5S/c1-27-17-8-9-21(20(16-17)29-3)30(25,26)22-10-11-23-12-14-24(15-13-23)18-6-4-5-7-19(18)28-2/h4-9,16,22H,10-15H2,1-3H3. The van der Waals surface area contributed by atoms with E-state index >= 15 is 0 Å². The molecule has 3 rings (SSSR count). The molecule has 0 amide bonds. The number of piperazine rings is 1. The topological polar surface area (TPSA) is 80.3 Å². The van der Waals surface area contributed by atoms with Gasteiger partial charge >= 0.3 is 0 Å². The van der Waals surface area contributed by atoms with Crippen molar-refractivity contribution in [2.45, 2.75) is 4.90 Å². The van der Waals surface area contributed by atoms with Crippen LogP contribution in [0.25, 0.3) is 0 Å². The van der Waals surface area contributed by atoms with Crippen LogP contribution in [0, 0.1) is 0 Å². The number of methoxy groups -OCH3 is 3. The average molecular weight is 436 g/mol. The number of nitrogens with one attached hydrogen (secondary N) is 1. The van der Waals surface area contributed by atoms with Crippen molar-refractivity contribution in [2.75, 3.05) is 65.5 Å². The Morgan fingerprint density at radius 3 is 2.27 bits per heavy atom. The highest BCUT2D eigenvalue weighted by atomic mass is 32.2. The van der Waals surface area contributed by atoms with E-state index in [1.54, 1.807) is 19.2 Å². The summed E-state index contributed by atoms with van der Waals surface area (Å²) in [5.41, 5.74) is 1.09. The third-order valence-electron chi connectivity index (χ3n) is 5.18. The minimum absolute atomic E-state index is 0.104. The molecule has 2 aromatic carbocycles. The van der Waals surface area contributed by atoms with Crippen LogP contribution in [0.15, 0.2) is 47.4 Å². The van der Waals surface area contributed by atoms with E-state index in [0.29, 0.717) is 18.8 Å². The summed E-state index contributed by atoms with van der Waals surface area (Å²) in [4.78, 5) is 4.65. The summed E-state index contributed by atoms with van der Waals surface area (Å²) in [6, 6.07) is 12.6. The number of hydrogen-bond acceptors (Lipinski definition) is 7. The van der Waals surface area contributed by atoms with Gasteiger partial charge in [0.15, 0.2) is 0 Å². The number of rotatable bonds is 9. The molecule has 0 radical (unpaired) electrons. The zero-order chi connectivity index (χ0) is 21.6. The van der Waals surface area contributed by atoms with Gasteiger partial charge in [0.1, 0.15) is 22.1 Å². The van der Waals surface area contributed by atoms with E-state index in [1.165, 1.54) is 20.3 Å². The fourth-order valence-electron chi connectivity index (χ4n) is 3.52. The second kappa shape index (κ2) is 10.0. The minimum Gasteiger partial charge on any atom is -0.497 e. The van der Waals surface area contributed by atoms with Gasteiger partial charge in [0.05, 0.1) is 27.0 Å². The molecule has 9 heteroatoms. The third kappa shape index (κ3) is 5.16. The number of nitrogens with zero attached hydrogens (tertiary/aromatic N) is 2. The van der Waals surface area contributed by atoms with Gasteiger partial charge in [0.2, 0.25) is 10.0 Å². The molecule has 1 N–H and O–H groups in total. The van der Waals surface area contributed by atoms with E-state index in [1.807, 2.05) is 18.2 Å². The molecule has 0 saturated carbocycles. The quantitative estimate of drug-likeness (QED) is 0.643. The van der Waals surface area contributed by atoms with E-state index in [0.717, 1.165) is 37.6 Å². The molecule has 1 heterocycles. The molecule has 0 spiro atoms. The van der Waals surface area contributed by atoms with Crippen molar-refractivity contribution in [2.24, 2.45) is 0 Å². The van der Waals surface area contributed by atoms with Crippen LogP contribution < -0.4 is 23.8 Å². The lowest BCUT2D eigenvalue weighted by Crippen LogP contribution is -2.48. The zero-order valence-electron chi connectivity index (χ0n) is 17.6. The molecular formula is C21H29N3O5S. The maximum atomic E-state index is 12.7. The maximum absolute atomic E-state index is 12.7. The van der Waals surface area contributed by atoms with E-state index < -0.39 is 10.0 Å². The molecule has 1 saturated heterocycles. The third-order valence-corrected chi connectivity index (χ3v) is 6.68. The van der Waals surface area contributed by atoms with Crippen molar-refractivity contribution < 1.29 is 22.6 Å². The maximum Gasteiger partial charge on any atom is 0.244 e. The number of ether oxygens (including phenoxy) is 3. The van der Waals surface area contributed by atoms with Crippen molar-refractivity contribution in [1.29, 1.82) is 0 Å². The van der Waals surface area contributed by atoms with Gasteiger partial charge in [-0.15, -0.1) is 0 Å². The zero-order valence-corrected chi connectivity index (χ0v) is 18.4. The summed E-state index contributed by atoms with van der Waals surface area (Å²) in [5.74, 6) is 1.66. The molecule has 0 aromatic heterocycles. The van der Waals surface area contributed by atoms with Crippen LogP contribution in [0.5, 0.6) is 17.2 Å². The van der Waals surface area contributed by atoms with Gasteiger partial charge in [-0.05, 0) is 24.3 Å². The van der Waals surface area contributed by atoms with Crippen molar-refractivity contribution in [3.63, 3.8) is 0 Å². The molecule has 0 unspecified atom stereocenters. The number of anilines is 1. The first kappa shape index (κ1) is 22.2. The van der Waals surface area contributed by atoms with E-state index in [9.17, 15) is 8.42 Å². The number of hydrogen-bond donors (Lipinski definition) is 1. The predicted molar refractivity (Wildman–Crippen MR) is 116 cm³/mol. The summed E-state index contributed by atoms with van der Waals surface area (Å²) in [6.07, 6.45) is 0. The molecule has 30 heavy (non-hydrogen) atoms. The lowest BCUT2D eigenvalue weighted by Gasteiger charge is -2.36. The monoisotopic (exact) mass is 435 g/mol. The summed E-state index contributed by atoms with van der Waals surface area (Å²) in [6.45, 7) is 4.39. The Bertz CT molecular complexity index is 943. The van der Waals surface area contributed by atoms with Crippen LogP contribution in [0.1, 0.15) is 0 Å². The number of para-hydroxylation sites is 2. The number of benzene rings is 2. The molecule has 1 aliphatic heterocycles. The van der Waals surface area contributed by atoms with Crippen molar-refractivity contribution in [3.8, 4) is 17.2 Å². The van der Waals surface area contributed by atoms with Gasteiger partial charge in [0, 0.05) is 45.3 Å². The molecule has 8 nitrogen and oxygen atoms in total. The van der Waals surface area contributed by atoms with Gasteiger partial charge in [0.25, 0.3) is 0 Å². The van der Waals surface area contributed by atoms with Crippen LogP contribution >= 0.6 is 0 Å². The van der Waals surface area contributed by atoms with E-state index in [4.69, 9.17) is 14.2 Å². The molecule has 1 fully saturated rings. The van der Waals surface area contributed by atoms with Crippen LogP contribution in [-0.2, 0) is 10.0 Å². The summed E-state index contributed by atoms with van der Waals surface area (Å²) in [5, 5.41) is 0. The molecule has 2 aromatic rings. The minimum atomic E-state index is -3.68. The summed E-state index contributed by atoms with van der Waals surface area (Å²) in [7, 11) is 0.966. The second-order valence-electron chi connectivity index (χ2n) is 6.92.